The fourth-order valence-corrected chi connectivity index (χ4v) is 2.59. The molecule has 0 aliphatic carbocycles. The summed E-state index contributed by atoms with van der Waals surface area (Å²) in [5.41, 5.74) is 0. The van der Waals surface area contributed by atoms with Crippen molar-refractivity contribution in [3.8, 4) is 0 Å². The molecule has 0 bridgehead atoms. The van der Waals surface area contributed by atoms with E-state index < -0.39 is 0 Å². The SMILES string of the molecule is CCNC(C(=O)OC)c1ccc(Br)s1. The molecular weight excluding hydrogens is 266 g/mol. The van der Waals surface area contributed by atoms with Gasteiger partial charge in [-0.15, -0.1) is 11.3 Å². The zero-order chi connectivity index (χ0) is 10.6. The highest BCUT2D eigenvalue weighted by Gasteiger charge is 2.21. The first kappa shape index (κ1) is 11.7. The predicted octanol–water partition coefficient (Wildman–Crippen LogP) is 2.33. The zero-order valence-corrected chi connectivity index (χ0v) is 10.4. The van der Waals surface area contributed by atoms with Gasteiger partial charge < -0.3 is 10.1 Å². The molecule has 14 heavy (non-hydrogen) atoms. The predicted molar refractivity (Wildman–Crippen MR) is 60.5 cm³/mol. The molecule has 1 atom stereocenters. The summed E-state index contributed by atoms with van der Waals surface area (Å²) in [5, 5.41) is 3.08. The highest BCUT2D eigenvalue weighted by Crippen LogP contribution is 2.27. The van der Waals surface area contributed by atoms with E-state index in [4.69, 9.17) is 4.74 Å². The summed E-state index contributed by atoms with van der Waals surface area (Å²) in [6.07, 6.45) is 0. The molecule has 1 heterocycles. The Morgan fingerprint density at radius 1 is 1.71 bits per heavy atom. The van der Waals surface area contributed by atoms with Gasteiger partial charge in [-0.3, -0.25) is 0 Å². The number of carbonyl (C=O) groups is 1. The van der Waals surface area contributed by atoms with Crippen LogP contribution in [0.5, 0.6) is 0 Å². The van der Waals surface area contributed by atoms with Gasteiger partial charge in [0, 0.05) is 4.88 Å². The topological polar surface area (TPSA) is 38.3 Å². The fourth-order valence-electron chi connectivity index (χ4n) is 1.11. The number of rotatable bonds is 4. The van der Waals surface area contributed by atoms with Gasteiger partial charge in [-0.05, 0) is 34.6 Å². The van der Waals surface area contributed by atoms with Gasteiger partial charge in [0.1, 0.15) is 6.04 Å². The Balaban J connectivity index is 2.82. The minimum atomic E-state index is -0.346. The van der Waals surface area contributed by atoms with Crippen molar-refractivity contribution in [1.29, 1.82) is 0 Å². The molecule has 78 valence electrons. The monoisotopic (exact) mass is 277 g/mol. The van der Waals surface area contributed by atoms with Gasteiger partial charge in [0.25, 0.3) is 0 Å². The van der Waals surface area contributed by atoms with E-state index >= 15 is 0 Å². The number of methoxy groups -OCH3 is 1. The fraction of sp³-hybridized carbons (Fsp3) is 0.444. The molecule has 1 N–H and O–H groups in total. The molecule has 0 saturated heterocycles. The number of nitrogens with one attached hydrogen (secondary N) is 1. The Morgan fingerprint density at radius 2 is 2.43 bits per heavy atom. The van der Waals surface area contributed by atoms with Crippen LogP contribution in [0.1, 0.15) is 17.8 Å². The first-order valence-electron chi connectivity index (χ1n) is 4.25. The largest absolute Gasteiger partial charge is 0.468 e. The third kappa shape index (κ3) is 2.80. The highest BCUT2D eigenvalue weighted by molar-refractivity contribution is 9.11. The molecule has 0 saturated carbocycles. The van der Waals surface area contributed by atoms with E-state index in [2.05, 4.69) is 21.2 Å². The van der Waals surface area contributed by atoms with Crippen molar-refractivity contribution in [2.24, 2.45) is 0 Å². The summed E-state index contributed by atoms with van der Waals surface area (Å²) in [7, 11) is 1.40. The molecule has 1 unspecified atom stereocenters. The van der Waals surface area contributed by atoms with Crippen LogP contribution in [-0.4, -0.2) is 19.6 Å². The van der Waals surface area contributed by atoms with E-state index in [0.29, 0.717) is 0 Å². The van der Waals surface area contributed by atoms with E-state index in [1.165, 1.54) is 18.4 Å². The van der Waals surface area contributed by atoms with Crippen molar-refractivity contribution < 1.29 is 9.53 Å². The standard InChI is InChI=1S/C9H12BrNO2S/c1-3-11-8(9(12)13-2)6-4-5-7(10)14-6/h4-5,8,11H,3H2,1-2H3. The summed E-state index contributed by atoms with van der Waals surface area (Å²) in [6.45, 7) is 2.69. The van der Waals surface area contributed by atoms with Crippen LogP contribution in [0.4, 0.5) is 0 Å². The van der Waals surface area contributed by atoms with Crippen molar-refractivity contribution >= 4 is 33.2 Å². The molecule has 1 aromatic rings. The maximum absolute atomic E-state index is 11.4. The first-order valence-corrected chi connectivity index (χ1v) is 5.86. The number of hydrogen-bond donors (Lipinski definition) is 1. The molecule has 3 nitrogen and oxygen atoms in total. The third-order valence-corrected chi connectivity index (χ3v) is 3.41. The number of esters is 1. The van der Waals surface area contributed by atoms with Crippen LogP contribution in [0.3, 0.4) is 0 Å². The van der Waals surface area contributed by atoms with Crippen LogP contribution in [0.15, 0.2) is 15.9 Å². The number of carbonyl (C=O) groups excluding carboxylic acids is 1. The normalized spacial score (nSPS) is 12.5. The Morgan fingerprint density at radius 3 is 2.86 bits per heavy atom. The van der Waals surface area contributed by atoms with Gasteiger partial charge in [-0.25, -0.2) is 4.79 Å². The molecule has 0 aliphatic heterocycles. The van der Waals surface area contributed by atoms with E-state index in [1.807, 2.05) is 19.1 Å². The number of likely N-dealkylation sites (N-methyl/N-ethyl adjacent to an activating group) is 1. The average molecular weight is 278 g/mol. The Labute approximate surface area is 95.6 Å². The number of ether oxygens (including phenoxy) is 1. The van der Waals surface area contributed by atoms with Crippen LogP contribution in [-0.2, 0) is 9.53 Å². The van der Waals surface area contributed by atoms with Crippen LogP contribution < -0.4 is 5.32 Å². The molecule has 0 aliphatic rings. The molecule has 0 amide bonds. The lowest BCUT2D eigenvalue weighted by molar-refractivity contribution is -0.143. The van der Waals surface area contributed by atoms with Gasteiger partial charge in [0.2, 0.25) is 0 Å². The molecule has 0 fully saturated rings. The number of hydrogen-bond acceptors (Lipinski definition) is 4. The highest BCUT2D eigenvalue weighted by atomic mass is 79.9. The molecule has 0 radical (unpaired) electrons. The zero-order valence-electron chi connectivity index (χ0n) is 8.04. The van der Waals surface area contributed by atoms with Crippen molar-refractivity contribution in [1.82, 2.24) is 5.32 Å². The van der Waals surface area contributed by atoms with Gasteiger partial charge in [-0.2, -0.15) is 0 Å². The van der Waals surface area contributed by atoms with Crippen LogP contribution in [0, 0.1) is 0 Å². The molecule has 5 heteroatoms. The summed E-state index contributed by atoms with van der Waals surface area (Å²) < 4.78 is 5.73. The lowest BCUT2D eigenvalue weighted by Gasteiger charge is -2.13. The summed E-state index contributed by atoms with van der Waals surface area (Å²) in [4.78, 5) is 12.4. The Kier molecular flexibility index (Phi) is 4.57. The van der Waals surface area contributed by atoms with Crippen LogP contribution in [0.25, 0.3) is 0 Å². The van der Waals surface area contributed by atoms with Crippen LogP contribution in [0.2, 0.25) is 0 Å². The van der Waals surface area contributed by atoms with Gasteiger partial charge in [0.05, 0.1) is 10.9 Å². The van der Waals surface area contributed by atoms with E-state index in [9.17, 15) is 4.79 Å². The average Bonchev–Trinajstić information content (AvgIpc) is 2.60. The van der Waals surface area contributed by atoms with E-state index in [1.54, 1.807) is 0 Å². The van der Waals surface area contributed by atoms with Crippen molar-refractivity contribution in [3.05, 3.63) is 20.8 Å². The minimum Gasteiger partial charge on any atom is -0.468 e. The molecule has 0 spiro atoms. The number of halogens is 1. The second-order valence-corrected chi connectivity index (χ2v) is 5.15. The second kappa shape index (κ2) is 5.48. The van der Waals surface area contributed by atoms with Crippen molar-refractivity contribution in [2.75, 3.05) is 13.7 Å². The third-order valence-electron chi connectivity index (χ3n) is 1.72. The van der Waals surface area contributed by atoms with Crippen molar-refractivity contribution in [2.45, 2.75) is 13.0 Å². The van der Waals surface area contributed by atoms with Gasteiger partial charge in [-0.1, -0.05) is 6.92 Å². The summed E-state index contributed by atoms with van der Waals surface area (Å²) in [6, 6.07) is 3.49. The Bertz CT molecular complexity index is 314. The molecule has 0 aromatic carbocycles. The van der Waals surface area contributed by atoms with Gasteiger partial charge >= 0.3 is 5.97 Å². The molecule has 1 rings (SSSR count). The Hall–Kier alpha value is -0.390. The van der Waals surface area contributed by atoms with Crippen LogP contribution >= 0.6 is 27.3 Å². The van der Waals surface area contributed by atoms with Crippen molar-refractivity contribution in [3.63, 3.8) is 0 Å². The van der Waals surface area contributed by atoms with E-state index in [-0.39, 0.29) is 12.0 Å². The van der Waals surface area contributed by atoms with E-state index in [0.717, 1.165) is 15.2 Å². The first-order chi connectivity index (χ1) is 6.69. The van der Waals surface area contributed by atoms with Gasteiger partial charge in [0.15, 0.2) is 0 Å². The lowest BCUT2D eigenvalue weighted by Crippen LogP contribution is -2.28. The minimum absolute atomic E-state index is 0.249. The molecular formula is C9H12BrNO2S. The molecule has 1 aromatic heterocycles. The number of thiophene rings is 1. The second-order valence-electron chi connectivity index (χ2n) is 2.66. The quantitative estimate of drug-likeness (QED) is 0.859. The lowest BCUT2D eigenvalue weighted by atomic mass is 10.2. The maximum atomic E-state index is 11.4. The summed E-state index contributed by atoms with van der Waals surface area (Å²) in [5.74, 6) is -0.249. The maximum Gasteiger partial charge on any atom is 0.328 e. The smallest absolute Gasteiger partial charge is 0.328 e. The summed E-state index contributed by atoms with van der Waals surface area (Å²) >= 11 is 4.89.